The molecule has 0 saturated heterocycles. The molecule has 0 bridgehead atoms. The third kappa shape index (κ3) is 3.77. The van der Waals surface area contributed by atoms with Crippen molar-refractivity contribution in [2.24, 2.45) is 0 Å². The van der Waals surface area contributed by atoms with Crippen LogP contribution in [0.4, 0.5) is 0 Å². The standard InChI is InChI=1S/C44H26O2/c1-2-11-28(12-3-1)40-25-32-24-38-37-23-31(20-21-39(37)45-42(38)26-41(32)46-40)44-35-16-8-6-14-33(35)43(34-15-7-9-17-36(34)44)30-19-18-27-10-4-5-13-29(27)22-30/h1-26H/i4D,5D,6D,7D,8D,9D,10D,13D,14D,15D,16D,17D,18D,19D,22D. The molecule has 2 aromatic heterocycles. The molecule has 10 rings (SSSR count). The monoisotopic (exact) mass is 601 g/mol. The van der Waals surface area contributed by atoms with Crippen LogP contribution >= 0.6 is 0 Å². The minimum absolute atomic E-state index is 0.00613. The van der Waals surface area contributed by atoms with Crippen LogP contribution in [0, 0.1) is 0 Å². The molecule has 0 amide bonds. The first-order valence-corrected chi connectivity index (χ1v) is 14.4. The van der Waals surface area contributed by atoms with Crippen LogP contribution in [0.2, 0.25) is 0 Å². The van der Waals surface area contributed by atoms with Crippen molar-refractivity contribution in [3.63, 3.8) is 0 Å². The molecular formula is C44H26O2. The molecule has 0 aliphatic carbocycles. The van der Waals surface area contributed by atoms with Gasteiger partial charge in [0.25, 0.3) is 0 Å². The molecule has 0 spiro atoms. The Morgan fingerprint density at radius 2 is 1.04 bits per heavy atom. The van der Waals surface area contributed by atoms with E-state index in [-0.39, 0.29) is 38.2 Å². The highest BCUT2D eigenvalue weighted by atomic mass is 16.3. The van der Waals surface area contributed by atoms with Gasteiger partial charge in [-0.15, -0.1) is 0 Å². The first-order chi connectivity index (χ1) is 29.0. The van der Waals surface area contributed by atoms with Crippen molar-refractivity contribution >= 4 is 65.2 Å². The lowest BCUT2D eigenvalue weighted by molar-refractivity contribution is 0.628. The molecule has 46 heavy (non-hydrogen) atoms. The fourth-order valence-corrected chi connectivity index (χ4v) is 6.28. The number of fused-ring (bicyclic) bond motifs is 7. The lowest BCUT2D eigenvalue weighted by Crippen LogP contribution is -1.91. The fraction of sp³-hybridized carbons (Fsp3) is 0. The van der Waals surface area contributed by atoms with Crippen LogP contribution in [-0.4, -0.2) is 0 Å². The minimum atomic E-state index is -0.745. The van der Waals surface area contributed by atoms with Crippen molar-refractivity contribution in [2.75, 3.05) is 0 Å². The average molecular weight is 602 g/mol. The second kappa shape index (κ2) is 9.69. The van der Waals surface area contributed by atoms with Gasteiger partial charge in [-0.3, -0.25) is 0 Å². The predicted molar refractivity (Wildman–Crippen MR) is 192 cm³/mol. The van der Waals surface area contributed by atoms with Gasteiger partial charge in [-0.25, -0.2) is 0 Å². The summed E-state index contributed by atoms with van der Waals surface area (Å²) < 4.78 is 146. The third-order valence-corrected chi connectivity index (χ3v) is 8.33. The van der Waals surface area contributed by atoms with Crippen molar-refractivity contribution in [1.29, 1.82) is 0 Å². The van der Waals surface area contributed by atoms with Gasteiger partial charge in [0.1, 0.15) is 22.5 Å². The van der Waals surface area contributed by atoms with Crippen LogP contribution in [0.15, 0.2) is 166 Å². The molecule has 10 aromatic rings. The quantitative estimate of drug-likeness (QED) is 0.188. The van der Waals surface area contributed by atoms with Gasteiger partial charge in [-0.2, -0.15) is 0 Å². The Labute approximate surface area is 285 Å². The smallest absolute Gasteiger partial charge is 0.139 e. The highest BCUT2D eigenvalue weighted by Crippen LogP contribution is 2.45. The van der Waals surface area contributed by atoms with E-state index in [4.69, 9.17) is 21.2 Å². The van der Waals surface area contributed by atoms with E-state index in [0.717, 1.165) is 10.9 Å². The zero-order valence-electron chi connectivity index (χ0n) is 38.7. The lowest BCUT2D eigenvalue weighted by atomic mass is 9.85. The van der Waals surface area contributed by atoms with Crippen LogP contribution in [0.25, 0.3) is 98.8 Å². The highest BCUT2D eigenvalue weighted by molar-refractivity contribution is 6.22. The number of hydrogen-bond donors (Lipinski definition) is 0. The molecule has 2 nitrogen and oxygen atoms in total. The second-order valence-corrected chi connectivity index (χ2v) is 10.9. The van der Waals surface area contributed by atoms with E-state index in [1.165, 1.54) is 0 Å². The van der Waals surface area contributed by atoms with Gasteiger partial charge in [-0.05, 0) is 84.9 Å². The fourth-order valence-electron chi connectivity index (χ4n) is 6.28. The summed E-state index contributed by atoms with van der Waals surface area (Å²) in [5, 5.41) is 0.142. The van der Waals surface area contributed by atoms with Crippen molar-refractivity contribution in [1.82, 2.24) is 0 Å². The van der Waals surface area contributed by atoms with Gasteiger partial charge < -0.3 is 8.83 Å². The molecule has 0 saturated carbocycles. The maximum Gasteiger partial charge on any atom is 0.139 e. The van der Waals surface area contributed by atoms with Crippen molar-refractivity contribution in [3.05, 3.63) is 157 Å². The maximum atomic E-state index is 9.43. The molecule has 0 N–H and O–H groups in total. The summed E-state index contributed by atoms with van der Waals surface area (Å²) in [6.07, 6.45) is 0. The van der Waals surface area contributed by atoms with E-state index in [2.05, 4.69) is 0 Å². The lowest BCUT2D eigenvalue weighted by Gasteiger charge is -2.18. The number of furan rings is 2. The Kier molecular flexibility index (Phi) is 3.11. The van der Waals surface area contributed by atoms with E-state index < -0.39 is 107 Å². The molecule has 214 valence electrons. The summed E-state index contributed by atoms with van der Waals surface area (Å²) in [5.74, 6) is 0.644. The largest absolute Gasteiger partial charge is 0.456 e. The second-order valence-electron chi connectivity index (χ2n) is 10.9. The average Bonchev–Trinajstić information content (AvgIpc) is 3.84. The van der Waals surface area contributed by atoms with Crippen LogP contribution in [0.1, 0.15) is 20.6 Å². The van der Waals surface area contributed by atoms with E-state index in [1.54, 1.807) is 24.3 Å². The molecule has 0 aliphatic rings. The molecule has 2 heteroatoms. The minimum Gasteiger partial charge on any atom is -0.456 e. The Morgan fingerprint density at radius 3 is 1.78 bits per heavy atom. The van der Waals surface area contributed by atoms with Gasteiger partial charge in [-0.1, -0.05) is 121 Å². The normalized spacial score (nSPS) is 16.5. The molecule has 0 fully saturated rings. The van der Waals surface area contributed by atoms with E-state index in [9.17, 15) is 8.22 Å². The summed E-state index contributed by atoms with van der Waals surface area (Å²) in [4.78, 5) is 0. The van der Waals surface area contributed by atoms with E-state index in [0.29, 0.717) is 33.3 Å². The number of benzene rings is 8. The van der Waals surface area contributed by atoms with Crippen molar-refractivity contribution in [2.45, 2.75) is 0 Å². The van der Waals surface area contributed by atoms with E-state index in [1.807, 2.05) is 42.5 Å². The van der Waals surface area contributed by atoms with Crippen molar-refractivity contribution in [3.8, 4) is 33.6 Å². The van der Waals surface area contributed by atoms with Gasteiger partial charge in [0.05, 0.1) is 20.6 Å². The van der Waals surface area contributed by atoms with E-state index >= 15 is 0 Å². The van der Waals surface area contributed by atoms with Gasteiger partial charge in [0.15, 0.2) is 0 Å². The Balaban J connectivity index is 1.39. The molecular weight excluding hydrogens is 560 g/mol. The van der Waals surface area contributed by atoms with Gasteiger partial charge in [0.2, 0.25) is 0 Å². The SMILES string of the molecule is [2H]c1c([2H])c([2H])c2c([2H])c(-c3c4c([2H])c([2H])c([2H])c([2H])c4c(-c4ccc5oc6cc7oc(-c8ccccc8)cc7cc6c5c4)c4c([2H])c([2H])c([2H])c([2H])c34)c([2H])c([2H])c2c1[2H]. The van der Waals surface area contributed by atoms with Gasteiger partial charge >= 0.3 is 0 Å². The predicted octanol–water partition coefficient (Wildman–Crippen LogP) is 12.8. The molecule has 0 aliphatic heterocycles. The first kappa shape index (κ1) is 14.8. The molecule has 2 heterocycles. The summed E-state index contributed by atoms with van der Waals surface area (Å²) >= 11 is 0. The van der Waals surface area contributed by atoms with Crippen LogP contribution in [0.5, 0.6) is 0 Å². The summed E-state index contributed by atoms with van der Waals surface area (Å²) in [7, 11) is 0. The highest BCUT2D eigenvalue weighted by Gasteiger charge is 2.19. The van der Waals surface area contributed by atoms with Gasteiger partial charge in [0, 0.05) is 27.8 Å². The molecule has 0 atom stereocenters. The first-order valence-electron chi connectivity index (χ1n) is 21.9. The summed E-state index contributed by atoms with van der Waals surface area (Å²) in [5.41, 5.74) is 1.79. The zero-order chi connectivity index (χ0) is 43.2. The Bertz CT molecular complexity index is 3570. The third-order valence-electron chi connectivity index (χ3n) is 8.33. The summed E-state index contributed by atoms with van der Waals surface area (Å²) in [6.45, 7) is 0. The molecule has 0 unspecified atom stereocenters. The Morgan fingerprint density at radius 1 is 0.391 bits per heavy atom. The maximum absolute atomic E-state index is 9.43. The van der Waals surface area contributed by atoms with Crippen LogP contribution < -0.4 is 0 Å². The topological polar surface area (TPSA) is 26.3 Å². The Hall–Kier alpha value is -6.12. The van der Waals surface area contributed by atoms with Crippen LogP contribution in [0.3, 0.4) is 0 Å². The van der Waals surface area contributed by atoms with Crippen molar-refractivity contribution < 1.29 is 29.4 Å². The number of hydrogen-bond acceptors (Lipinski definition) is 2. The molecule has 0 radical (unpaired) electrons. The number of rotatable bonds is 3. The van der Waals surface area contributed by atoms with Crippen LogP contribution in [-0.2, 0) is 0 Å². The molecule has 8 aromatic carbocycles. The summed E-state index contributed by atoms with van der Waals surface area (Å²) in [6, 6.07) is 9.97. The zero-order valence-corrected chi connectivity index (χ0v) is 23.7.